The van der Waals surface area contributed by atoms with Gasteiger partial charge in [0.15, 0.2) is 5.82 Å². The molecule has 4 rings (SSSR count). The summed E-state index contributed by atoms with van der Waals surface area (Å²) in [5.74, 6) is 1.10. The highest BCUT2D eigenvalue weighted by Gasteiger charge is 2.43. The van der Waals surface area contributed by atoms with Gasteiger partial charge in [0.25, 0.3) is 0 Å². The first-order chi connectivity index (χ1) is 16.7. The van der Waals surface area contributed by atoms with Crippen LogP contribution in [0.4, 0.5) is 5.69 Å². The number of nitrogens with one attached hydrogen (secondary N) is 1. The zero-order valence-electron chi connectivity index (χ0n) is 20.7. The Morgan fingerprint density at radius 2 is 1.76 bits per heavy atom. The molecule has 34 heavy (non-hydrogen) atoms. The van der Waals surface area contributed by atoms with Crippen LogP contribution in [0.2, 0.25) is 0 Å². The predicted molar refractivity (Wildman–Crippen MR) is 149 cm³/mol. The Kier molecular flexibility index (Phi) is 9.17. The third-order valence-corrected chi connectivity index (χ3v) is 8.08. The highest BCUT2D eigenvalue weighted by atomic mass is 127. The molecule has 3 aromatic rings. The molecule has 1 fully saturated rings. The van der Waals surface area contributed by atoms with Crippen molar-refractivity contribution < 1.29 is 0 Å². The number of anilines is 1. The van der Waals surface area contributed by atoms with Gasteiger partial charge < -0.3 is 5.32 Å². The third kappa shape index (κ3) is 5.73. The van der Waals surface area contributed by atoms with E-state index in [0.717, 1.165) is 38.3 Å². The molecule has 6 nitrogen and oxygen atoms in total. The summed E-state index contributed by atoms with van der Waals surface area (Å²) in [6.45, 7) is 7.67. The summed E-state index contributed by atoms with van der Waals surface area (Å²) < 4.78 is 2.47. The minimum atomic E-state index is -0.00129. The molecule has 1 aromatic heterocycles. The highest BCUT2D eigenvalue weighted by molar-refractivity contribution is 14.1. The number of rotatable bonds is 12. The number of alkyl halides is 1. The van der Waals surface area contributed by atoms with Gasteiger partial charge in [0.05, 0.1) is 9.59 Å². The van der Waals surface area contributed by atoms with Crippen molar-refractivity contribution in [3.05, 3.63) is 48.3 Å². The molecule has 2 aromatic carbocycles. The zero-order valence-corrected chi connectivity index (χ0v) is 22.9. The molecule has 1 aliphatic carbocycles. The molecule has 1 saturated carbocycles. The minimum absolute atomic E-state index is 0.00129. The van der Waals surface area contributed by atoms with Crippen LogP contribution >= 0.6 is 22.6 Å². The van der Waals surface area contributed by atoms with Crippen molar-refractivity contribution in [2.75, 3.05) is 18.4 Å². The molecular weight excluding hydrogens is 535 g/mol. The Bertz CT molecular complexity index is 1020. The Hall–Kier alpha value is -1.74. The maximum atomic E-state index is 4.64. The van der Waals surface area contributed by atoms with Crippen molar-refractivity contribution in [2.24, 2.45) is 0 Å². The molecule has 0 saturated heterocycles. The van der Waals surface area contributed by atoms with Crippen LogP contribution < -0.4 is 5.32 Å². The summed E-state index contributed by atoms with van der Waals surface area (Å²) in [7, 11) is 0. The number of tetrazole rings is 1. The van der Waals surface area contributed by atoms with Crippen molar-refractivity contribution in [3.63, 3.8) is 0 Å². The van der Waals surface area contributed by atoms with Crippen LogP contribution in [0.3, 0.4) is 0 Å². The lowest BCUT2D eigenvalue weighted by Gasteiger charge is -2.45. The van der Waals surface area contributed by atoms with E-state index in [0.29, 0.717) is 4.05 Å². The number of nitrogens with zero attached hydrogens (tertiary/aromatic N) is 5. The molecule has 1 atom stereocenters. The maximum Gasteiger partial charge on any atom is 0.171 e. The summed E-state index contributed by atoms with van der Waals surface area (Å²) in [5.41, 5.74) is 1.20. The standard InChI is InChI=1S/C27H39IN6/c1-3-19-33(20-4-2)27(17-8-5-9-18-27)26-30-31-32-34(26)21-11-16-25(28)29-24-15-10-13-22-12-6-7-14-23(22)24/h6-7,10,12-15,25,29H,3-5,8-9,11,16-21H2,1-2H3. The largest absolute Gasteiger partial charge is 0.373 e. The molecular formula is C27H39IN6. The van der Waals surface area contributed by atoms with Crippen LogP contribution in [0, 0.1) is 0 Å². The lowest BCUT2D eigenvalue weighted by molar-refractivity contribution is 0.0343. The van der Waals surface area contributed by atoms with Crippen LogP contribution in [0.25, 0.3) is 10.8 Å². The average Bonchev–Trinajstić information content (AvgIpc) is 3.34. The molecule has 1 heterocycles. The van der Waals surface area contributed by atoms with Gasteiger partial charge in [-0.2, -0.15) is 0 Å². The van der Waals surface area contributed by atoms with Crippen molar-refractivity contribution in [1.29, 1.82) is 0 Å². The first kappa shape index (κ1) is 25.4. The second kappa shape index (κ2) is 12.3. The minimum Gasteiger partial charge on any atom is -0.373 e. The fourth-order valence-electron chi connectivity index (χ4n) is 5.60. The average molecular weight is 575 g/mol. The third-order valence-electron chi connectivity index (χ3n) is 7.15. The van der Waals surface area contributed by atoms with Crippen molar-refractivity contribution in [1.82, 2.24) is 25.1 Å². The monoisotopic (exact) mass is 574 g/mol. The first-order valence-electron chi connectivity index (χ1n) is 13.1. The van der Waals surface area contributed by atoms with E-state index in [9.17, 15) is 0 Å². The molecule has 0 amide bonds. The van der Waals surface area contributed by atoms with Crippen molar-refractivity contribution >= 4 is 39.1 Å². The van der Waals surface area contributed by atoms with Crippen molar-refractivity contribution in [3.8, 4) is 0 Å². The van der Waals surface area contributed by atoms with Gasteiger partial charge in [-0.1, -0.05) is 92.1 Å². The summed E-state index contributed by atoms with van der Waals surface area (Å²) in [6, 6.07) is 15.0. The van der Waals surface area contributed by atoms with Gasteiger partial charge in [0.1, 0.15) is 0 Å². The lowest BCUT2D eigenvalue weighted by Crippen LogP contribution is -2.50. The molecule has 1 unspecified atom stereocenters. The summed E-state index contributed by atoms with van der Waals surface area (Å²) >= 11 is 2.53. The summed E-state index contributed by atoms with van der Waals surface area (Å²) in [4.78, 5) is 2.69. The Morgan fingerprint density at radius 1 is 1.03 bits per heavy atom. The predicted octanol–water partition coefficient (Wildman–Crippen LogP) is 6.76. The second-order valence-electron chi connectivity index (χ2n) is 9.59. The summed E-state index contributed by atoms with van der Waals surface area (Å²) in [5, 5.41) is 19.5. The number of hydrogen-bond donors (Lipinski definition) is 1. The smallest absolute Gasteiger partial charge is 0.171 e. The summed E-state index contributed by atoms with van der Waals surface area (Å²) in [6.07, 6.45) is 10.6. The molecule has 0 radical (unpaired) electrons. The molecule has 0 aliphatic heterocycles. The molecule has 1 aliphatic rings. The van der Waals surface area contributed by atoms with E-state index in [2.05, 4.69) is 109 Å². The fraction of sp³-hybridized carbons (Fsp3) is 0.593. The van der Waals surface area contributed by atoms with E-state index in [1.807, 2.05) is 0 Å². The Balaban J connectivity index is 1.43. The highest BCUT2D eigenvalue weighted by Crippen LogP contribution is 2.41. The van der Waals surface area contributed by atoms with E-state index in [1.54, 1.807) is 0 Å². The zero-order chi connectivity index (χ0) is 23.8. The topological polar surface area (TPSA) is 58.9 Å². The number of hydrogen-bond acceptors (Lipinski definition) is 5. The molecule has 1 N–H and O–H groups in total. The van der Waals surface area contributed by atoms with E-state index in [4.69, 9.17) is 0 Å². The maximum absolute atomic E-state index is 4.64. The normalized spacial score (nSPS) is 16.7. The van der Waals surface area contributed by atoms with E-state index >= 15 is 0 Å². The van der Waals surface area contributed by atoms with Gasteiger partial charge in [-0.3, -0.25) is 4.90 Å². The fourth-order valence-corrected chi connectivity index (χ4v) is 6.37. The van der Waals surface area contributed by atoms with Gasteiger partial charge >= 0.3 is 0 Å². The molecule has 7 heteroatoms. The van der Waals surface area contributed by atoms with Gasteiger partial charge in [-0.15, -0.1) is 5.10 Å². The molecule has 184 valence electrons. The Labute approximate surface area is 218 Å². The van der Waals surface area contributed by atoms with Gasteiger partial charge in [-0.25, -0.2) is 4.68 Å². The van der Waals surface area contributed by atoms with E-state index in [-0.39, 0.29) is 5.54 Å². The number of halogens is 1. The SMILES string of the molecule is CCCN(CCC)C1(c2nnnn2CCCC(I)Nc2cccc3ccccc23)CCCCC1. The van der Waals surface area contributed by atoms with E-state index in [1.165, 1.54) is 61.4 Å². The van der Waals surface area contributed by atoms with Gasteiger partial charge in [-0.05, 0) is 73.5 Å². The molecule has 0 bridgehead atoms. The van der Waals surface area contributed by atoms with Crippen LogP contribution in [-0.4, -0.2) is 42.2 Å². The first-order valence-corrected chi connectivity index (χ1v) is 14.3. The van der Waals surface area contributed by atoms with Crippen molar-refractivity contribution in [2.45, 2.75) is 87.8 Å². The van der Waals surface area contributed by atoms with Crippen LogP contribution in [0.1, 0.15) is 77.5 Å². The van der Waals surface area contributed by atoms with Gasteiger partial charge in [0.2, 0.25) is 0 Å². The van der Waals surface area contributed by atoms with Crippen LogP contribution in [0.5, 0.6) is 0 Å². The number of benzene rings is 2. The number of fused-ring (bicyclic) bond motifs is 1. The van der Waals surface area contributed by atoms with Crippen LogP contribution in [0.15, 0.2) is 42.5 Å². The second-order valence-corrected chi connectivity index (χ2v) is 11.1. The van der Waals surface area contributed by atoms with Gasteiger partial charge in [0, 0.05) is 17.6 Å². The lowest BCUT2D eigenvalue weighted by atomic mass is 9.79. The quantitative estimate of drug-likeness (QED) is 0.147. The number of aromatic nitrogens is 4. The number of aryl methyl sites for hydroxylation is 1. The van der Waals surface area contributed by atoms with Crippen LogP contribution in [-0.2, 0) is 12.1 Å². The Morgan fingerprint density at radius 3 is 2.53 bits per heavy atom. The van der Waals surface area contributed by atoms with E-state index < -0.39 is 0 Å². The molecule has 0 spiro atoms.